The number of nitrogens with zero attached hydrogens (tertiary/aromatic N) is 7. The first kappa shape index (κ1) is 14.5. The quantitative estimate of drug-likeness (QED) is 0.707. The number of anilines is 2. The van der Waals surface area contributed by atoms with Crippen molar-refractivity contribution in [2.24, 2.45) is 11.8 Å². The van der Waals surface area contributed by atoms with Gasteiger partial charge in [-0.25, -0.2) is 19.9 Å². The minimum absolute atomic E-state index is 0.647. The summed E-state index contributed by atoms with van der Waals surface area (Å²) in [6.45, 7) is 6.24. The van der Waals surface area contributed by atoms with E-state index in [1.807, 2.05) is 12.3 Å². The second-order valence-corrected chi connectivity index (χ2v) is 6.93. The first-order chi connectivity index (χ1) is 12.3. The maximum Gasteiger partial charge on any atom is 0.180 e. The van der Waals surface area contributed by atoms with Crippen molar-refractivity contribution < 1.29 is 0 Å². The summed E-state index contributed by atoms with van der Waals surface area (Å²) < 4.78 is 0. The van der Waals surface area contributed by atoms with Crippen LogP contribution >= 0.6 is 0 Å². The Morgan fingerprint density at radius 1 is 0.920 bits per heavy atom. The summed E-state index contributed by atoms with van der Waals surface area (Å²) in [4.78, 5) is 26.7. The lowest BCUT2D eigenvalue weighted by molar-refractivity contribution is 0.533. The number of fused-ring (bicyclic) bond motifs is 2. The molecule has 2 aliphatic heterocycles. The molecule has 2 aliphatic rings. The molecule has 25 heavy (non-hydrogen) atoms. The molecule has 2 saturated heterocycles. The third-order valence-electron chi connectivity index (χ3n) is 5.29. The monoisotopic (exact) mass is 333 g/mol. The highest BCUT2D eigenvalue weighted by atomic mass is 15.3. The summed E-state index contributed by atoms with van der Waals surface area (Å²) in [5, 5.41) is 0. The largest absolute Gasteiger partial charge is 0.356 e. The predicted octanol–water partition coefficient (Wildman–Crippen LogP) is 1.70. The van der Waals surface area contributed by atoms with E-state index in [-0.39, 0.29) is 0 Å². The lowest BCUT2D eigenvalue weighted by Crippen LogP contribution is -2.30. The highest BCUT2D eigenvalue weighted by molar-refractivity contribution is 5.71. The zero-order valence-electron chi connectivity index (χ0n) is 14.1. The van der Waals surface area contributed by atoms with Gasteiger partial charge in [0.1, 0.15) is 23.5 Å². The number of pyridine rings is 1. The minimum Gasteiger partial charge on any atom is -0.356 e. The van der Waals surface area contributed by atoms with Crippen LogP contribution in [0.5, 0.6) is 0 Å². The van der Waals surface area contributed by atoms with Crippen LogP contribution in [0.4, 0.5) is 11.6 Å². The Bertz CT molecular complexity index is 914. The molecule has 2 fully saturated rings. The van der Waals surface area contributed by atoms with E-state index in [2.05, 4.69) is 42.7 Å². The molecule has 0 N–H and O–H groups in total. The smallest absolute Gasteiger partial charge is 0.180 e. The van der Waals surface area contributed by atoms with Gasteiger partial charge in [0.2, 0.25) is 0 Å². The molecule has 7 nitrogen and oxygen atoms in total. The Labute approximate surface area is 145 Å². The molecule has 0 bridgehead atoms. The van der Waals surface area contributed by atoms with Gasteiger partial charge in [-0.2, -0.15) is 0 Å². The highest BCUT2D eigenvalue weighted by Crippen LogP contribution is 2.35. The summed E-state index contributed by atoms with van der Waals surface area (Å²) in [6, 6.07) is 4.07. The van der Waals surface area contributed by atoms with E-state index in [0.29, 0.717) is 11.8 Å². The number of aryl methyl sites for hydroxylation is 1. The van der Waals surface area contributed by atoms with E-state index in [4.69, 9.17) is 4.98 Å². The van der Waals surface area contributed by atoms with E-state index in [9.17, 15) is 0 Å². The van der Waals surface area contributed by atoms with E-state index in [1.54, 1.807) is 18.7 Å². The van der Waals surface area contributed by atoms with Crippen LogP contribution in [0.25, 0.3) is 11.2 Å². The van der Waals surface area contributed by atoms with Crippen LogP contribution in [0.2, 0.25) is 0 Å². The molecule has 5 rings (SSSR count). The van der Waals surface area contributed by atoms with Gasteiger partial charge in [-0.05, 0) is 19.1 Å². The van der Waals surface area contributed by atoms with Crippen LogP contribution < -0.4 is 9.80 Å². The van der Waals surface area contributed by atoms with Gasteiger partial charge in [0, 0.05) is 62.2 Å². The van der Waals surface area contributed by atoms with Crippen molar-refractivity contribution in [1.29, 1.82) is 0 Å². The van der Waals surface area contributed by atoms with Crippen molar-refractivity contribution in [3.63, 3.8) is 0 Å². The van der Waals surface area contributed by atoms with Gasteiger partial charge in [-0.3, -0.25) is 4.98 Å². The molecule has 0 aromatic carbocycles. The van der Waals surface area contributed by atoms with Crippen molar-refractivity contribution in [3.8, 4) is 0 Å². The molecule has 7 heteroatoms. The van der Waals surface area contributed by atoms with Gasteiger partial charge in [0.25, 0.3) is 0 Å². The third-order valence-corrected chi connectivity index (χ3v) is 5.29. The topological polar surface area (TPSA) is 70.9 Å². The Balaban J connectivity index is 1.34. The fraction of sp³-hybridized carbons (Fsp3) is 0.389. The molecule has 2 atom stereocenters. The zero-order valence-corrected chi connectivity index (χ0v) is 14.1. The van der Waals surface area contributed by atoms with E-state index < -0.39 is 0 Å². The zero-order chi connectivity index (χ0) is 16.8. The van der Waals surface area contributed by atoms with Gasteiger partial charge < -0.3 is 9.80 Å². The average Bonchev–Trinajstić information content (AvgIpc) is 3.21. The van der Waals surface area contributed by atoms with Crippen molar-refractivity contribution in [2.45, 2.75) is 6.92 Å². The molecule has 0 amide bonds. The van der Waals surface area contributed by atoms with Crippen molar-refractivity contribution in [3.05, 3.63) is 42.6 Å². The van der Waals surface area contributed by atoms with E-state index in [0.717, 1.165) is 54.5 Å². The molecule has 3 aromatic heterocycles. The first-order valence-electron chi connectivity index (χ1n) is 8.62. The van der Waals surface area contributed by atoms with Crippen LogP contribution in [-0.2, 0) is 0 Å². The van der Waals surface area contributed by atoms with Crippen molar-refractivity contribution >= 4 is 22.8 Å². The van der Waals surface area contributed by atoms with E-state index >= 15 is 0 Å². The second kappa shape index (κ2) is 5.61. The Morgan fingerprint density at radius 2 is 1.68 bits per heavy atom. The molecule has 0 radical (unpaired) electrons. The highest BCUT2D eigenvalue weighted by Gasteiger charge is 2.41. The standard InChI is InChI=1S/C18H19N7/c1-12-6-19-11-22-18(12)25-9-13-7-24(8-14(13)10-25)16-3-2-15-17(23-16)21-5-4-20-15/h2-6,11,13-14H,7-10H2,1H3. The first-order valence-corrected chi connectivity index (χ1v) is 8.62. The van der Waals surface area contributed by atoms with Crippen LogP contribution in [-0.4, -0.2) is 51.1 Å². The second-order valence-electron chi connectivity index (χ2n) is 6.93. The van der Waals surface area contributed by atoms with Gasteiger partial charge in [0.05, 0.1) is 0 Å². The van der Waals surface area contributed by atoms with Gasteiger partial charge in [0.15, 0.2) is 5.65 Å². The lowest BCUT2D eigenvalue weighted by Gasteiger charge is -2.23. The molecule has 2 unspecified atom stereocenters. The number of aromatic nitrogens is 5. The third kappa shape index (κ3) is 2.47. The summed E-state index contributed by atoms with van der Waals surface area (Å²) in [5.41, 5.74) is 2.71. The normalized spacial score (nSPS) is 22.6. The fourth-order valence-corrected chi connectivity index (χ4v) is 4.10. The molecular weight excluding hydrogens is 314 g/mol. The minimum atomic E-state index is 0.647. The number of hydrogen-bond donors (Lipinski definition) is 0. The van der Waals surface area contributed by atoms with Gasteiger partial charge >= 0.3 is 0 Å². The maximum atomic E-state index is 4.69. The summed E-state index contributed by atoms with van der Waals surface area (Å²) >= 11 is 0. The molecule has 3 aromatic rings. The number of hydrogen-bond acceptors (Lipinski definition) is 7. The van der Waals surface area contributed by atoms with Crippen LogP contribution in [0.1, 0.15) is 5.56 Å². The summed E-state index contributed by atoms with van der Waals surface area (Å²) in [6.07, 6.45) is 6.93. The fourth-order valence-electron chi connectivity index (χ4n) is 4.10. The average molecular weight is 333 g/mol. The summed E-state index contributed by atoms with van der Waals surface area (Å²) in [5.74, 6) is 3.38. The summed E-state index contributed by atoms with van der Waals surface area (Å²) in [7, 11) is 0. The van der Waals surface area contributed by atoms with Crippen LogP contribution in [0.3, 0.4) is 0 Å². The van der Waals surface area contributed by atoms with Gasteiger partial charge in [-0.15, -0.1) is 0 Å². The molecule has 0 saturated carbocycles. The predicted molar refractivity (Wildman–Crippen MR) is 95.5 cm³/mol. The molecule has 0 spiro atoms. The van der Waals surface area contributed by atoms with E-state index in [1.165, 1.54) is 0 Å². The van der Waals surface area contributed by atoms with Crippen LogP contribution in [0.15, 0.2) is 37.1 Å². The van der Waals surface area contributed by atoms with Crippen molar-refractivity contribution in [2.75, 3.05) is 36.0 Å². The SMILES string of the molecule is Cc1cncnc1N1CC2CN(c3ccc4nccnc4n3)CC2C1. The van der Waals surface area contributed by atoms with Crippen molar-refractivity contribution in [1.82, 2.24) is 24.9 Å². The van der Waals surface area contributed by atoms with Crippen LogP contribution in [0, 0.1) is 18.8 Å². The lowest BCUT2D eigenvalue weighted by atomic mass is 10.0. The molecule has 126 valence electrons. The molecular formula is C18H19N7. The number of rotatable bonds is 2. The molecule has 5 heterocycles. The Kier molecular flexibility index (Phi) is 3.26. The Hall–Kier alpha value is -2.83. The Morgan fingerprint density at radius 3 is 2.48 bits per heavy atom. The molecule has 0 aliphatic carbocycles. The van der Waals surface area contributed by atoms with Gasteiger partial charge in [-0.1, -0.05) is 0 Å². The maximum absolute atomic E-state index is 4.69.